The van der Waals surface area contributed by atoms with Crippen molar-refractivity contribution in [1.29, 1.82) is 5.26 Å². The zero-order valence-electron chi connectivity index (χ0n) is 12.8. The monoisotopic (exact) mass is 265 g/mol. The first-order valence-corrected chi connectivity index (χ1v) is 8.24. The molecular formula is C17H31NO. The van der Waals surface area contributed by atoms with Crippen LogP contribution < -0.4 is 0 Å². The summed E-state index contributed by atoms with van der Waals surface area (Å²) in [6.07, 6.45) is 12.2. The van der Waals surface area contributed by atoms with Crippen molar-refractivity contribution < 1.29 is 5.11 Å². The van der Waals surface area contributed by atoms with E-state index in [0.717, 1.165) is 32.1 Å². The van der Waals surface area contributed by atoms with Crippen molar-refractivity contribution in [3.05, 3.63) is 0 Å². The summed E-state index contributed by atoms with van der Waals surface area (Å²) in [5.41, 5.74) is -0.429. The zero-order chi connectivity index (χ0) is 14.1. The van der Waals surface area contributed by atoms with Crippen molar-refractivity contribution in [2.24, 2.45) is 11.3 Å². The highest BCUT2D eigenvalue weighted by atomic mass is 16.3. The number of hydrogen-bond donors (Lipinski definition) is 1. The number of unbranched alkanes of at least 4 members (excludes halogenated alkanes) is 6. The molecule has 2 nitrogen and oxygen atoms in total. The standard InChI is InChI=1S/C17H31NO/c1-3-4-5-6-7-8-9-10-16(19)17(14-18)12-11-15(2)13-17/h15-16,19H,3-13H2,1-2H3. The molecule has 1 rings (SSSR count). The summed E-state index contributed by atoms with van der Waals surface area (Å²) in [7, 11) is 0. The van der Waals surface area contributed by atoms with Crippen LogP contribution in [0.3, 0.4) is 0 Å². The van der Waals surface area contributed by atoms with Gasteiger partial charge < -0.3 is 5.11 Å². The molecule has 0 radical (unpaired) electrons. The first kappa shape index (κ1) is 16.5. The van der Waals surface area contributed by atoms with Crippen LogP contribution in [-0.4, -0.2) is 11.2 Å². The Bertz CT molecular complexity index is 283. The second-order valence-electron chi connectivity index (χ2n) is 6.54. The largest absolute Gasteiger partial charge is 0.391 e. The maximum absolute atomic E-state index is 10.3. The third-order valence-corrected chi connectivity index (χ3v) is 4.74. The lowest BCUT2D eigenvalue weighted by atomic mass is 9.79. The second-order valence-corrected chi connectivity index (χ2v) is 6.54. The molecule has 110 valence electrons. The number of hydrogen-bond acceptors (Lipinski definition) is 2. The van der Waals surface area contributed by atoms with Crippen LogP contribution >= 0.6 is 0 Å². The van der Waals surface area contributed by atoms with E-state index in [4.69, 9.17) is 0 Å². The van der Waals surface area contributed by atoms with Crippen molar-refractivity contribution in [2.45, 2.75) is 90.6 Å². The summed E-state index contributed by atoms with van der Waals surface area (Å²) in [4.78, 5) is 0. The van der Waals surface area contributed by atoms with Crippen molar-refractivity contribution in [3.8, 4) is 6.07 Å². The number of aliphatic hydroxyl groups excluding tert-OH is 1. The number of aliphatic hydroxyl groups is 1. The molecule has 0 amide bonds. The molecule has 0 aromatic carbocycles. The molecule has 1 fully saturated rings. The van der Waals surface area contributed by atoms with Gasteiger partial charge in [0.25, 0.3) is 0 Å². The van der Waals surface area contributed by atoms with E-state index in [1.54, 1.807) is 0 Å². The topological polar surface area (TPSA) is 44.0 Å². The van der Waals surface area contributed by atoms with Crippen molar-refractivity contribution in [1.82, 2.24) is 0 Å². The smallest absolute Gasteiger partial charge is 0.0834 e. The molecule has 0 bridgehead atoms. The molecule has 19 heavy (non-hydrogen) atoms. The van der Waals surface area contributed by atoms with Crippen LogP contribution in [0, 0.1) is 22.7 Å². The Labute approximate surface area is 119 Å². The molecule has 1 saturated carbocycles. The van der Waals surface area contributed by atoms with Gasteiger partial charge in [-0.2, -0.15) is 5.26 Å². The highest BCUT2D eigenvalue weighted by molar-refractivity contribution is 5.07. The van der Waals surface area contributed by atoms with E-state index in [-0.39, 0.29) is 0 Å². The van der Waals surface area contributed by atoms with Crippen molar-refractivity contribution in [3.63, 3.8) is 0 Å². The molecule has 0 aromatic rings. The lowest BCUT2D eigenvalue weighted by Gasteiger charge is -2.27. The maximum atomic E-state index is 10.3. The lowest BCUT2D eigenvalue weighted by Crippen LogP contribution is -2.31. The summed E-state index contributed by atoms with van der Waals surface area (Å²) < 4.78 is 0. The molecule has 1 aliphatic rings. The summed E-state index contributed by atoms with van der Waals surface area (Å²) in [5, 5.41) is 19.7. The summed E-state index contributed by atoms with van der Waals surface area (Å²) in [6.45, 7) is 4.43. The molecule has 1 N–H and O–H groups in total. The molecule has 3 atom stereocenters. The van der Waals surface area contributed by atoms with Crippen LogP contribution in [0.5, 0.6) is 0 Å². The van der Waals surface area contributed by atoms with Crippen LogP contribution in [0.1, 0.15) is 84.5 Å². The highest BCUT2D eigenvalue weighted by Gasteiger charge is 2.43. The molecule has 0 aromatic heterocycles. The van der Waals surface area contributed by atoms with Crippen molar-refractivity contribution >= 4 is 0 Å². The Balaban J connectivity index is 2.16. The Morgan fingerprint density at radius 2 is 1.84 bits per heavy atom. The second kappa shape index (κ2) is 8.59. The first-order valence-electron chi connectivity index (χ1n) is 8.24. The molecule has 1 aliphatic carbocycles. The molecule has 2 heteroatoms. The fourth-order valence-electron chi connectivity index (χ4n) is 3.38. The van der Waals surface area contributed by atoms with Gasteiger partial charge >= 0.3 is 0 Å². The molecule has 3 unspecified atom stereocenters. The van der Waals surface area contributed by atoms with Gasteiger partial charge in [-0.25, -0.2) is 0 Å². The normalized spacial score (nSPS) is 28.2. The van der Waals surface area contributed by atoms with Gasteiger partial charge in [0.05, 0.1) is 17.6 Å². The SMILES string of the molecule is CCCCCCCCCC(O)C1(C#N)CCC(C)C1. The molecule has 0 spiro atoms. The third kappa shape index (κ3) is 5.15. The molecule has 0 saturated heterocycles. The lowest BCUT2D eigenvalue weighted by molar-refractivity contribution is 0.0554. The van der Waals surface area contributed by atoms with Crippen LogP contribution in [0.2, 0.25) is 0 Å². The third-order valence-electron chi connectivity index (χ3n) is 4.74. The number of nitrogens with zero attached hydrogens (tertiary/aromatic N) is 1. The van der Waals surface area contributed by atoms with Gasteiger partial charge in [0.1, 0.15) is 0 Å². The Morgan fingerprint density at radius 1 is 1.21 bits per heavy atom. The Morgan fingerprint density at radius 3 is 2.37 bits per heavy atom. The van der Waals surface area contributed by atoms with Crippen LogP contribution in [-0.2, 0) is 0 Å². The van der Waals surface area contributed by atoms with E-state index in [1.165, 1.54) is 38.5 Å². The van der Waals surface area contributed by atoms with E-state index in [0.29, 0.717) is 5.92 Å². The number of nitriles is 1. The van der Waals surface area contributed by atoms with Gasteiger partial charge in [-0.15, -0.1) is 0 Å². The Hall–Kier alpha value is -0.550. The van der Waals surface area contributed by atoms with Gasteiger partial charge in [-0.05, 0) is 31.6 Å². The van der Waals surface area contributed by atoms with Gasteiger partial charge in [-0.1, -0.05) is 58.8 Å². The van der Waals surface area contributed by atoms with Gasteiger partial charge in [0, 0.05) is 0 Å². The van der Waals surface area contributed by atoms with E-state index < -0.39 is 11.5 Å². The minimum absolute atomic E-state index is 0.405. The van der Waals surface area contributed by atoms with Gasteiger partial charge in [-0.3, -0.25) is 0 Å². The Kier molecular flexibility index (Phi) is 7.46. The molecular weight excluding hydrogens is 234 g/mol. The fraction of sp³-hybridized carbons (Fsp3) is 0.941. The molecule has 0 heterocycles. The minimum Gasteiger partial charge on any atom is -0.391 e. The summed E-state index contributed by atoms with van der Waals surface area (Å²) >= 11 is 0. The van der Waals surface area contributed by atoms with Crippen LogP contribution in [0.15, 0.2) is 0 Å². The predicted octanol–water partition coefficient (Wildman–Crippen LogP) is 4.82. The van der Waals surface area contributed by atoms with Crippen molar-refractivity contribution in [2.75, 3.05) is 0 Å². The van der Waals surface area contributed by atoms with Crippen LogP contribution in [0.4, 0.5) is 0 Å². The number of rotatable bonds is 9. The minimum atomic E-state index is -0.429. The summed E-state index contributed by atoms with van der Waals surface area (Å²) in [5.74, 6) is 0.600. The highest BCUT2D eigenvalue weighted by Crippen LogP contribution is 2.45. The van der Waals surface area contributed by atoms with Gasteiger partial charge in [0.15, 0.2) is 0 Å². The van der Waals surface area contributed by atoms with Crippen LogP contribution in [0.25, 0.3) is 0 Å². The average molecular weight is 265 g/mol. The first-order chi connectivity index (χ1) is 9.14. The predicted molar refractivity (Wildman–Crippen MR) is 79.7 cm³/mol. The van der Waals surface area contributed by atoms with Gasteiger partial charge in [0.2, 0.25) is 0 Å². The quantitative estimate of drug-likeness (QED) is 0.607. The summed E-state index contributed by atoms with van der Waals surface area (Å²) in [6, 6.07) is 2.43. The van der Waals surface area contributed by atoms with E-state index in [1.807, 2.05) is 0 Å². The zero-order valence-corrected chi connectivity index (χ0v) is 12.8. The fourth-order valence-corrected chi connectivity index (χ4v) is 3.38. The van der Waals surface area contributed by atoms with E-state index in [9.17, 15) is 10.4 Å². The van der Waals surface area contributed by atoms with E-state index in [2.05, 4.69) is 19.9 Å². The van der Waals surface area contributed by atoms with E-state index >= 15 is 0 Å². The maximum Gasteiger partial charge on any atom is 0.0834 e. The molecule has 0 aliphatic heterocycles. The average Bonchev–Trinajstić information content (AvgIpc) is 2.80.